The van der Waals surface area contributed by atoms with Crippen LogP contribution in [-0.4, -0.2) is 13.1 Å². The third-order valence-corrected chi connectivity index (χ3v) is 2.93. The molecule has 0 aliphatic rings. The highest BCUT2D eigenvalue weighted by atomic mass is 19.1. The molecule has 0 amide bonds. The number of hydrogen-bond acceptors (Lipinski definition) is 2. The lowest BCUT2D eigenvalue weighted by Crippen LogP contribution is -2.02. The van der Waals surface area contributed by atoms with Crippen molar-refractivity contribution in [2.24, 2.45) is 0 Å². The van der Waals surface area contributed by atoms with Gasteiger partial charge < -0.3 is 4.74 Å². The highest BCUT2D eigenvalue weighted by molar-refractivity contribution is 5.91. The standard InChI is InChI=1S/C16H15FO2/c1-10-4-5-14(15(17)8-10)12-6-11(2)7-13(9-12)16(18)19-3/h4-9H,1-3H3. The minimum Gasteiger partial charge on any atom is -0.465 e. The van der Waals surface area contributed by atoms with E-state index in [0.29, 0.717) is 16.7 Å². The van der Waals surface area contributed by atoms with E-state index in [1.54, 1.807) is 18.2 Å². The van der Waals surface area contributed by atoms with Crippen LogP contribution in [-0.2, 0) is 4.74 Å². The number of carbonyl (C=O) groups excluding carboxylic acids is 1. The zero-order chi connectivity index (χ0) is 14.0. The zero-order valence-electron chi connectivity index (χ0n) is 11.2. The van der Waals surface area contributed by atoms with Gasteiger partial charge >= 0.3 is 5.97 Å². The molecular weight excluding hydrogens is 243 g/mol. The van der Waals surface area contributed by atoms with Gasteiger partial charge in [0.15, 0.2) is 0 Å². The van der Waals surface area contributed by atoms with Gasteiger partial charge in [-0.1, -0.05) is 18.2 Å². The predicted octanol–water partition coefficient (Wildman–Crippen LogP) is 3.90. The Morgan fingerprint density at radius 2 is 1.79 bits per heavy atom. The number of aryl methyl sites for hydroxylation is 2. The molecule has 0 aliphatic heterocycles. The van der Waals surface area contributed by atoms with Gasteiger partial charge in [-0.25, -0.2) is 9.18 Å². The monoisotopic (exact) mass is 258 g/mol. The lowest BCUT2D eigenvalue weighted by atomic mass is 9.99. The van der Waals surface area contributed by atoms with Crippen LogP contribution in [0.4, 0.5) is 4.39 Å². The van der Waals surface area contributed by atoms with Crippen LogP contribution in [0.1, 0.15) is 21.5 Å². The summed E-state index contributed by atoms with van der Waals surface area (Å²) in [7, 11) is 1.33. The van der Waals surface area contributed by atoms with Crippen molar-refractivity contribution in [2.45, 2.75) is 13.8 Å². The summed E-state index contributed by atoms with van der Waals surface area (Å²) in [6.45, 7) is 3.70. The molecule has 0 saturated heterocycles. The molecule has 0 fully saturated rings. The van der Waals surface area contributed by atoms with Gasteiger partial charge in [-0.15, -0.1) is 0 Å². The maximum Gasteiger partial charge on any atom is 0.337 e. The first-order valence-electron chi connectivity index (χ1n) is 5.98. The molecule has 2 aromatic carbocycles. The molecule has 0 radical (unpaired) electrons. The first kappa shape index (κ1) is 13.3. The molecule has 2 aromatic rings. The van der Waals surface area contributed by atoms with E-state index in [1.807, 2.05) is 26.0 Å². The molecule has 0 spiro atoms. The van der Waals surface area contributed by atoms with Crippen molar-refractivity contribution in [3.63, 3.8) is 0 Å². The largest absolute Gasteiger partial charge is 0.465 e. The third-order valence-electron chi connectivity index (χ3n) is 2.93. The number of hydrogen-bond donors (Lipinski definition) is 0. The molecule has 0 atom stereocenters. The Kier molecular flexibility index (Phi) is 3.65. The fourth-order valence-electron chi connectivity index (χ4n) is 2.03. The number of methoxy groups -OCH3 is 1. The maximum absolute atomic E-state index is 14.0. The van der Waals surface area contributed by atoms with Crippen LogP contribution < -0.4 is 0 Å². The number of benzene rings is 2. The molecule has 0 aromatic heterocycles. The van der Waals surface area contributed by atoms with E-state index in [-0.39, 0.29) is 5.82 Å². The van der Waals surface area contributed by atoms with Gasteiger partial charge in [0.05, 0.1) is 12.7 Å². The van der Waals surface area contributed by atoms with Gasteiger partial charge in [-0.2, -0.15) is 0 Å². The summed E-state index contributed by atoms with van der Waals surface area (Å²) in [6.07, 6.45) is 0. The second kappa shape index (κ2) is 5.22. The van der Waals surface area contributed by atoms with E-state index in [1.165, 1.54) is 13.2 Å². The molecule has 3 heteroatoms. The van der Waals surface area contributed by atoms with E-state index in [2.05, 4.69) is 0 Å². The minimum atomic E-state index is -0.419. The van der Waals surface area contributed by atoms with Crippen LogP contribution in [0.5, 0.6) is 0 Å². The van der Waals surface area contributed by atoms with E-state index in [0.717, 1.165) is 11.1 Å². The summed E-state index contributed by atoms with van der Waals surface area (Å²) in [5, 5.41) is 0. The summed E-state index contributed by atoms with van der Waals surface area (Å²) in [5.41, 5.74) is 3.34. The molecule has 0 saturated carbocycles. The van der Waals surface area contributed by atoms with Crippen LogP contribution in [0.3, 0.4) is 0 Å². The van der Waals surface area contributed by atoms with Gasteiger partial charge in [0, 0.05) is 5.56 Å². The molecule has 0 aliphatic carbocycles. The zero-order valence-corrected chi connectivity index (χ0v) is 11.2. The van der Waals surface area contributed by atoms with E-state index in [9.17, 15) is 9.18 Å². The molecule has 0 heterocycles. The molecular formula is C16H15FO2. The predicted molar refractivity (Wildman–Crippen MR) is 72.6 cm³/mol. The number of rotatable bonds is 2. The van der Waals surface area contributed by atoms with Crippen molar-refractivity contribution in [3.05, 3.63) is 58.9 Å². The van der Waals surface area contributed by atoms with Crippen LogP contribution in [0.2, 0.25) is 0 Å². The fraction of sp³-hybridized carbons (Fsp3) is 0.188. The van der Waals surface area contributed by atoms with Crippen LogP contribution in [0, 0.1) is 19.7 Å². The molecule has 2 rings (SSSR count). The van der Waals surface area contributed by atoms with Gasteiger partial charge in [-0.05, 0) is 48.7 Å². The Morgan fingerprint density at radius 3 is 2.42 bits per heavy atom. The van der Waals surface area contributed by atoms with Gasteiger partial charge in [0.1, 0.15) is 5.82 Å². The lowest BCUT2D eigenvalue weighted by Gasteiger charge is -2.08. The van der Waals surface area contributed by atoms with Crippen molar-refractivity contribution >= 4 is 5.97 Å². The smallest absolute Gasteiger partial charge is 0.337 e. The molecule has 98 valence electrons. The second-order valence-electron chi connectivity index (χ2n) is 4.56. The minimum absolute atomic E-state index is 0.290. The number of esters is 1. The lowest BCUT2D eigenvalue weighted by molar-refractivity contribution is 0.0600. The number of halogens is 1. The summed E-state index contributed by atoms with van der Waals surface area (Å²) < 4.78 is 18.7. The fourth-order valence-corrected chi connectivity index (χ4v) is 2.03. The van der Waals surface area contributed by atoms with E-state index in [4.69, 9.17) is 4.74 Å². The summed E-state index contributed by atoms with van der Waals surface area (Å²) >= 11 is 0. The number of ether oxygens (including phenoxy) is 1. The first-order valence-corrected chi connectivity index (χ1v) is 5.98. The molecule has 2 nitrogen and oxygen atoms in total. The Morgan fingerprint density at radius 1 is 1.05 bits per heavy atom. The maximum atomic E-state index is 14.0. The van der Waals surface area contributed by atoms with Crippen molar-refractivity contribution in [3.8, 4) is 11.1 Å². The van der Waals surface area contributed by atoms with Crippen molar-refractivity contribution in [1.82, 2.24) is 0 Å². The van der Waals surface area contributed by atoms with Gasteiger partial charge in [0.25, 0.3) is 0 Å². The van der Waals surface area contributed by atoms with Crippen molar-refractivity contribution in [2.75, 3.05) is 7.11 Å². The van der Waals surface area contributed by atoms with Crippen LogP contribution in [0.25, 0.3) is 11.1 Å². The molecule has 0 unspecified atom stereocenters. The highest BCUT2D eigenvalue weighted by Gasteiger charge is 2.11. The Hall–Kier alpha value is -2.16. The van der Waals surface area contributed by atoms with Crippen molar-refractivity contribution in [1.29, 1.82) is 0 Å². The Balaban J connectivity index is 2.56. The summed E-state index contributed by atoms with van der Waals surface area (Å²) in [6, 6.07) is 10.3. The van der Waals surface area contributed by atoms with Gasteiger partial charge in [0.2, 0.25) is 0 Å². The van der Waals surface area contributed by atoms with E-state index >= 15 is 0 Å². The normalized spacial score (nSPS) is 10.3. The molecule has 19 heavy (non-hydrogen) atoms. The Labute approximate surface area is 111 Å². The average molecular weight is 258 g/mol. The second-order valence-corrected chi connectivity index (χ2v) is 4.56. The average Bonchev–Trinajstić information content (AvgIpc) is 2.37. The quantitative estimate of drug-likeness (QED) is 0.764. The van der Waals surface area contributed by atoms with Gasteiger partial charge in [-0.3, -0.25) is 0 Å². The third kappa shape index (κ3) is 2.81. The first-order chi connectivity index (χ1) is 9.01. The van der Waals surface area contributed by atoms with Crippen molar-refractivity contribution < 1.29 is 13.9 Å². The summed E-state index contributed by atoms with van der Waals surface area (Å²) in [4.78, 5) is 11.6. The topological polar surface area (TPSA) is 26.3 Å². The highest BCUT2D eigenvalue weighted by Crippen LogP contribution is 2.26. The summed E-state index contributed by atoms with van der Waals surface area (Å²) in [5.74, 6) is -0.709. The van der Waals surface area contributed by atoms with Crippen LogP contribution in [0.15, 0.2) is 36.4 Å². The molecule has 0 N–H and O–H groups in total. The molecule has 0 bridgehead atoms. The number of carbonyl (C=O) groups is 1. The van der Waals surface area contributed by atoms with E-state index < -0.39 is 5.97 Å². The van der Waals surface area contributed by atoms with Crippen LogP contribution >= 0.6 is 0 Å². The SMILES string of the molecule is COC(=O)c1cc(C)cc(-c2ccc(C)cc2F)c1. The Bertz CT molecular complexity index is 633.